The smallest absolute Gasteiger partial charge is 0.410 e. The second kappa shape index (κ2) is 14.2. The van der Waals surface area contributed by atoms with Gasteiger partial charge in [-0.1, -0.05) is 79.9 Å². The maximum Gasteiger partial charge on any atom is 0.410 e. The molecule has 1 heterocycles. The van der Waals surface area contributed by atoms with Crippen molar-refractivity contribution in [2.45, 2.75) is 95.4 Å². The van der Waals surface area contributed by atoms with Crippen molar-refractivity contribution in [1.82, 2.24) is 14.7 Å². The Balaban J connectivity index is 1.20. The number of carbonyl (C=O) groups is 2. The second-order valence-electron chi connectivity index (χ2n) is 12.3. The van der Waals surface area contributed by atoms with Crippen LogP contribution in [0.4, 0.5) is 9.59 Å². The van der Waals surface area contributed by atoms with Gasteiger partial charge in [-0.3, -0.25) is 0 Å². The van der Waals surface area contributed by atoms with E-state index in [1.54, 1.807) is 0 Å². The number of amides is 3. The lowest BCUT2D eigenvalue weighted by Gasteiger charge is -2.39. The highest BCUT2D eigenvalue weighted by atomic mass is 16.6. The van der Waals surface area contributed by atoms with E-state index in [2.05, 4.69) is 40.1 Å². The summed E-state index contributed by atoms with van der Waals surface area (Å²) >= 11 is 0. The summed E-state index contributed by atoms with van der Waals surface area (Å²) in [6, 6.07) is 21.2. The molecule has 1 aliphatic heterocycles. The van der Waals surface area contributed by atoms with Gasteiger partial charge < -0.3 is 25.2 Å². The van der Waals surface area contributed by atoms with Crippen LogP contribution in [0, 0.1) is 5.92 Å². The number of nitrogens with zero attached hydrogens (tertiary/aromatic N) is 3. The minimum absolute atomic E-state index is 0.206. The molecule has 0 bridgehead atoms. The Bertz CT molecular complexity index is 1100. The molecular weight excluding hydrogens is 512 g/mol. The van der Waals surface area contributed by atoms with Crippen molar-refractivity contribution in [3.05, 3.63) is 71.8 Å². The molecule has 5 rings (SSSR count). The summed E-state index contributed by atoms with van der Waals surface area (Å²) in [6.07, 6.45) is 9.49. The molecule has 3 amide bonds. The topological polar surface area (TPSA) is 79.1 Å². The third-order valence-corrected chi connectivity index (χ3v) is 9.78. The average molecular weight is 561 g/mol. The van der Waals surface area contributed by atoms with Crippen LogP contribution in [-0.2, 0) is 11.3 Å². The predicted molar refractivity (Wildman–Crippen MR) is 162 cm³/mol. The van der Waals surface area contributed by atoms with E-state index in [4.69, 9.17) is 10.5 Å². The first-order valence-corrected chi connectivity index (χ1v) is 15.9. The zero-order valence-corrected chi connectivity index (χ0v) is 24.7. The van der Waals surface area contributed by atoms with E-state index in [9.17, 15) is 9.59 Å². The molecule has 2 aromatic carbocycles. The maximum absolute atomic E-state index is 12.9. The molecule has 222 valence electrons. The first-order chi connectivity index (χ1) is 20.0. The number of piperidine rings is 1. The molecule has 0 radical (unpaired) electrons. The Labute approximate surface area is 246 Å². The Morgan fingerprint density at radius 1 is 0.854 bits per heavy atom. The number of hydrogen-bond acceptors (Lipinski definition) is 4. The molecule has 41 heavy (non-hydrogen) atoms. The molecular formula is C34H48N4O3. The Morgan fingerprint density at radius 2 is 1.51 bits per heavy atom. The molecule has 2 aliphatic carbocycles. The summed E-state index contributed by atoms with van der Waals surface area (Å²) in [7, 11) is 0. The first-order valence-electron chi connectivity index (χ1n) is 15.9. The summed E-state index contributed by atoms with van der Waals surface area (Å²) in [4.78, 5) is 32.2. The van der Waals surface area contributed by atoms with Crippen LogP contribution in [0.5, 0.6) is 0 Å². The van der Waals surface area contributed by atoms with Gasteiger partial charge in [-0.05, 0) is 68.4 Å². The van der Waals surface area contributed by atoms with Crippen molar-refractivity contribution in [1.29, 1.82) is 0 Å². The Hall–Kier alpha value is -3.06. The van der Waals surface area contributed by atoms with E-state index in [1.165, 1.54) is 24.8 Å². The van der Waals surface area contributed by atoms with Crippen molar-refractivity contribution in [3.8, 4) is 0 Å². The molecule has 2 unspecified atom stereocenters. The molecule has 0 spiro atoms. The van der Waals surface area contributed by atoms with Crippen LogP contribution in [0.15, 0.2) is 60.7 Å². The lowest BCUT2D eigenvalue weighted by Crippen LogP contribution is -2.50. The van der Waals surface area contributed by atoms with Gasteiger partial charge in [0.25, 0.3) is 0 Å². The van der Waals surface area contributed by atoms with Gasteiger partial charge >= 0.3 is 12.1 Å². The third kappa shape index (κ3) is 7.42. The van der Waals surface area contributed by atoms with Crippen molar-refractivity contribution < 1.29 is 14.3 Å². The fraction of sp³-hybridized carbons (Fsp3) is 0.588. The average Bonchev–Trinajstić information content (AvgIpc) is 3.41. The van der Waals surface area contributed by atoms with Crippen molar-refractivity contribution >= 4 is 12.1 Å². The van der Waals surface area contributed by atoms with Gasteiger partial charge in [-0.25, -0.2) is 9.59 Å². The van der Waals surface area contributed by atoms with Gasteiger partial charge in [-0.15, -0.1) is 0 Å². The quantitative estimate of drug-likeness (QED) is 0.386. The number of ether oxygens (including phenoxy) is 1. The molecule has 2 aromatic rings. The monoisotopic (exact) mass is 560 g/mol. The molecule has 7 heteroatoms. The van der Waals surface area contributed by atoms with Crippen LogP contribution in [-0.4, -0.2) is 71.1 Å². The molecule has 2 N–H and O–H groups in total. The van der Waals surface area contributed by atoms with Crippen LogP contribution in [0.1, 0.15) is 81.8 Å². The highest BCUT2D eigenvalue weighted by Crippen LogP contribution is 2.44. The van der Waals surface area contributed by atoms with Gasteiger partial charge in [0.05, 0.1) is 0 Å². The van der Waals surface area contributed by atoms with Gasteiger partial charge in [0.15, 0.2) is 0 Å². The summed E-state index contributed by atoms with van der Waals surface area (Å²) < 4.78 is 5.67. The normalized spacial score (nSPS) is 24.2. The van der Waals surface area contributed by atoms with E-state index in [-0.39, 0.29) is 24.2 Å². The van der Waals surface area contributed by atoms with Crippen LogP contribution >= 0.6 is 0 Å². The van der Waals surface area contributed by atoms with E-state index in [0.717, 1.165) is 63.7 Å². The highest BCUT2D eigenvalue weighted by Gasteiger charge is 2.42. The largest absolute Gasteiger partial charge is 0.445 e. The van der Waals surface area contributed by atoms with Crippen LogP contribution in [0.3, 0.4) is 0 Å². The minimum atomic E-state index is -0.242. The lowest BCUT2D eigenvalue weighted by molar-refractivity contribution is 0.0598. The molecule has 2 saturated carbocycles. The van der Waals surface area contributed by atoms with Gasteiger partial charge in [0, 0.05) is 44.3 Å². The number of hydrogen-bond donors (Lipinski definition) is 1. The van der Waals surface area contributed by atoms with Crippen LogP contribution < -0.4 is 5.73 Å². The number of benzene rings is 2. The molecule has 3 atom stereocenters. The van der Waals surface area contributed by atoms with Gasteiger partial charge in [0.1, 0.15) is 6.61 Å². The summed E-state index contributed by atoms with van der Waals surface area (Å²) in [6.45, 7) is 5.96. The SMILES string of the molecule is CCN(C(=O)OCc1ccccc1)C1CCN(C[C@H]2CC(N(C(N)=O)C3CCCCC3)CC2c2ccccc2)CC1. The van der Waals surface area contributed by atoms with Gasteiger partial charge in [0.2, 0.25) is 0 Å². The molecule has 0 aromatic heterocycles. The highest BCUT2D eigenvalue weighted by molar-refractivity contribution is 5.73. The number of rotatable bonds is 9. The second-order valence-corrected chi connectivity index (χ2v) is 12.3. The number of carbonyl (C=O) groups excluding carboxylic acids is 2. The van der Waals surface area contributed by atoms with Crippen molar-refractivity contribution in [2.75, 3.05) is 26.2 Å². The van der Waals surface area contributed by atoms with E-state index in [0.29, 0.717) is 31.0 Å². The molecule has 7 nitrogen and oxygen atoms in total. The third-order valence-electron chi connectivity index (χ3n) is 9.78. The molecule has 3 aliphatic rings. The number of nitrogens with two attached hydrogens (primary N) is 1. The van der Waals surface area contributed by atoms with Crippen LogP contribution in [0.2, 0.25) is 0 Å². The first kappa shape index (κ1) is 29.4. The summed E-state index contributed by atoms with van der Waals surface area (Å²) in [5.41, 5.74) is 8.41. The predicted octanol–water partition coefficient (Wildman–Crippen LogP) is 6.39. The Kier molecular flexibility index (Phi) is 10.2. The van der Waals surface area contributed by atoms with Crippen molar-refractivity contribution in [2.24, 2.45) is 11.7 Å². The maximum atomic E-state index is 12.9. The number of urea groups is 1. The standard InChI is InChI=1S/C34H48N4O3/c1-2-37(34(40)41-25-26-12-6-3-7-13-26)29-18-20-36(21-19-29)24-28-22-31(23-32(28)27-14-8-4-9-15-27)38(33(35)39)30-16-10-5-11-17-30/h3-4,6-9,12-15,28-32H,2,5,10-11,16-25H2,1H3,(H2,35,39)/t28-,31?,32?/m1/s1. The summed E-state index contributed by atoms with van der Waals surface area (Å²) in [5, 5.41) is 0. The number of likely N-dealkylation sites (tertiary alicyclic amines) is 1. The van der Waals surface area contributed by atoms with Gasteiger partial charge in [-0.2, -0.15) is 0 Å². The molecule has 3 fully saturated rings. The Morgan fingerprint density at radius 3 is 2.15 bits per heavy atom. The number of primary amides is 1. The van der Waals surface area contributed by atoms with E-state index < -0.39 is 0 Å². The zero-order chi connectivity index (χ0) is 28.6. The summed E-state index contributed by atoms with van der Waals surface area (Å²) in [5.74, 6) is 0.895. The van der Waals surface area contributed by atoms with Crippen LogP contribution in [0.25, 0.3) is 0 Å². The fourth-order valence-electron chi connectivity index (χ4n) is 7.73. The van der Waals surface area contributed by atoms with E-state index in [1.807, 2.05) is 42.2 Å². The van der Waals surface area contributed by atoms with Crippen molar-refractivity contribution in [3.63, 3.8) is 0 Å². The van der Waals surface area contributed by atoms with E-state index >= 15 is 0 Å². The molecule has 1 saturated heterocycles. The lowest BCUT2D eigenvalue weighted by atomic mass is 9.88. The zero-order valence-electron chi connectivity index (χ0n) is 24.7. The fourth-order valence-corrected chi connectivity index (χ4v) is 7.73. The minimum Gasteiger partial charge on any atom is -0.445 e.